The summed E-state index contributed by atoms with van der Waals surface area (Å²) in [5, 5.41) is 8.49. The SMILES string of the molecule is CCOc1ccc(C(=O)NCC(=O)NN=Cc2c(OC(=O)c3ccccc3Cl)ccc3ccccc23)cc1. The van der Waals surface area contributed by atoms with Gasteiger partial charge in [0.2, 0.25) is 0 Å². The molecule has 0 saturated heterocycles. The van der Waals surface area contributed by atoms with Gasteiger partial charge in [0.05, 0.1) is 30.0 Å². The van der Waals surface area contributed by atoms with Gasteiger partial charge in [0.15, 0.2) is 0 Å². The van der Waals surface area contributed by atoms with E-state index < -0.39 is 17.8 Å². The molecule has 0 atom stereocenters. The third-order valence-electron chi connectivity index (χ3n) is 5.45. The van der Waals surface area contributed by atoms with Crippen LogP contribution in [0.25, 0.3) is 10.8 Å². The molecule has 0 radical (unpaired) electrons. The fourth-order valence-electron chi connectivity index (χ4n) is 3.62. The Labute approximate surface area is 224 Å². The number of amides is 2. The van der Waals surface area contributed by atoms with Gasteiger partial charge in [-0.25, -0.2) is 10.2 Å². The van der Waals surface area contributed by atoms with E-state index in [1.165, 1.54) is 6.21 Å². The number of hydrogen-bond acceptors (Lipinski definition) is 6. The molecule has 4 aromatic carbocycles. The van der Waals surface area contributed by atoms with Gasteiger partial charge in [0.25, 0.3) is 11.8 Å². The largest absolute Gasteiger partial charge is 0.494 e. The standard InChI is InChI=1S/C29H24ClN3O5/c1-2-37-21-14-11-20(12-15-21)28(35)31-18-27(34)33-32-17-24-22-8-4-3-7-19(22)13-16-26(24)38-29(36)23-9-5-6-10-25(23)30/h3-17H,2,18H2,1H3,(H,31,35)(H,33,34). The lowest BCUT2D eigenvalue weighted by Crippen LogP contribution is -2.34. The van der Waals surface area contributed by atoms with Crippen molar-refractivity contribution >= 4 is 46.4 Å². The Morgan fingerprint density at radius 1 is 0.921 bits per heavy atom. The number of nitrogens with one attached hydrogen (secondary N) is 2. The van der Waals surface area contributed by atoms with Crippen LogP contribution in [0.2, 0.25) is 5.02 Å². The van der Waals surface area contributed by atoms with Crippen molar-refractivity contribution < 1.29 is 23.9 Å². The van der Waals surface area contributed by atoms with Crippen LogP contribution < -0.4 is 20.2 Å². The van der Waals surface area contributed by atoms with E-state index in [4.69, 9.17) is 21.1 Å². The molecular weight excluding hydrogens is 506 g/mol. The first-order valence-corrected chi connectivity index (χ1v) is 12.2. The quantitative estimate of drug-likeness (QED) is 0.137. The summed E-state index contributed by atoms with van der Waals surface area (Å²) in [7, 11) is 0. The van der Waals surface area contributed by atoms with Crippen molar-refractivity contribution in [2.45, 2.75) is 6.92 Å². The van der Waals surface area contributed by atoms with Gasteiger partial charge >= 0.3 is 5.97 Å². The number of halogens is 1. The normalized spacial score (nSPS) is 10.8. The summed E-state index contributed by atoms with van der Waals surface area (Å²) in [6.07, 6.45) is 1.39. The number of fused-ring (bicyclic) bond motifs is 1. The Kier molecular flexibility index (Phi) is 8.69. The Morgan fingerprint density at radius 2 is 1.66 bits per heavy atom. The zero-order valence-electron chi connectivity index (χ0n) is 20.4. The van der Waals surface area contributed by atoms with Crippen LogP contribution in [0.4, 0.5) is 0 Å². The lowest BCUT2D eigenvalue weighted by Gasteiger charge is -2.11. The van der Waals surface area contributed by atoms with Crippen LogP contribution in [0, 0.1) is 0 Å². The number of carbonyl (C=O) groups excluding carboxylic acids is 3. The number of hydrazone groups is 1. The molecule has 0 bridgehead atoms. The monoisotopic (exact) mass is 529 g/mol. The van der Waals surface area contributed by atoms with Crippen LogP contribution >= 0.6 is 11.6 Å². The Morgan fingerprint density at radius 3 is 2.42 bits per heavy atom. The fraction of sp³-hybridized carbons (Fsp3) is 0.103. The molecule has 4 aromatic rings. The highest BCUT2D eigenvalue weighted by atomic mass is 35.5. The van der Waals surface area contributed by atoms with Crippen molar-refractivity contribution in [3.63, 3.8) is 0 Å². The van der Waals surface area contributed by atoms with Gasteiger partial charge in [-0.2, -0.15) is 5.10 Å². The number of benzene rings is 4. The molecule has 0 aliphatic carbocycles. The number of nitrogens with zero attached hydrogens (tertiary/aromatic N) is 1. The Balaban J connectivity index is 1.44. The molecule has 0 spiro atoms. The minimum Gasteiger partial charge on any atom is -0.494 e. The highest BCUT2D eigenvalue weighted by Crippen LogP contribution is 2.28. The average molecular weight is 530 g/mol. The second-order valence-electron chi connectivity index (χ2n) is 8.00. The molecule has 0 heterocycles. The van der Waals surface area contributed by atoms with Crippen molar-refractivity contribution in [2.75, 3.05) is 13.2 Å². The third kappa shape index (κ3) is 6.54. The van der Waals surface area contributed by atoms with Crippen LogP contribution in [0.15, 0.2) is 90.0 Å². The van der Waals surface area contributed by atoms with Crippen LogP contribution in [0.1, 0.15) is 33.2 Å². The first kappa shape index (κ1) is 26.4. The third-order valence-corrected chi connectivity index (χ3v) is 5.78. The minimum absolute atomic E-state index is 0.224. The predicted molar refractivity (Wildman–Crippen MR) is 146 cm³/mol. The summed E-state index contributed by atoms with van der Waals surface area (Å²) < 4.78 is 11.0. The molecule has 0 aromatic heterocycles. The summed E-state index contributed by atoms with van der Waals surface area (Å²) in [6, 6.07) is 24.1. The van der Waals surface area contributed by atoms with Gasteiger partial charge in [0.1, 0.15) is 11.5 Å². The van der Waals surface area contributed by atoms with Crippen LogP contribution in [0.5, 0.6) is 11.5 Å². The second kappa shape index (κ2) is 12.5. The smallest absolute Gasteiger partial charge is 0.345 e. The van der Waals surface area contributed by atoms with Crippen LogP contribution in [-0.4, -0.2) is 37.1 Å². The molecule has 192 valence electrons. The van der Waals surface area contributed by atoms with Crippen molar-refractivity contribution in [1.29, 1.82) is 0 Å². The first-order valence-electron chi connectivity index (χ1n) is 11.8. The minimum atomic E-state index is -0.624. The molecule has 0 unspecified atom stereocenters. The van der Waals surface area contributed by atoms with Gasteiger partial charge in [-0.15, -0.1) is 0 Å². The highest BCUT2D eigenvalue weighted by molar-refractivity contribution is 6.33. The van der Waals surface area contributed by atoms with E-state index in [0.29, 0.717) is 23.5 Å². The summed E-state index contributed by atoms with van der Waals surface area (Å²) in [5.74, 6) is -0.663. The number of ether oxygens (including phenoxy) is 2. The number of rotatable bonds is 9. The average Bonchev–Trinajstić information content (AvgIpc) is 2.93. The van der Waals surface area contributed by atoms with E-state index in [2.05, 4.69) is 15.8 Å². The van der Waals surface area contributed by atoms with Crippen molar-refractivity contribution in [3.05, 3.63) is 107 Å². The number of hydrogen-bond donors (Lipinski definition) is 2. The Bertz CT molecular complexity index is 1500. The van der Waals surface area contributed by atoms with E-state index >= 15 is 0 Å². The highest BCUT2D eigenvalue weighted by Gasteiger charge is 2.16. The summed E-state index contributed by atoms with van der Waals surface area (Å²) >= 11 is 6.14. The summed E-state index contributed by atoms with van der Waals surface area (Å²) in [6.45, 7) is 2.11. The van der Waals surface area contributed by atoms with Gasteiger partial charge in [-0.05, 0) is 60.2 Å². The molecule has 0 fully saturated rings. The lowest BCUT2D eigenvalue weighted by molar-refractivity contribution is -0.120. The van der Waals surface area contributed by atoms with E-state index in [9.17, 15) is 14.4 Å². The maximum absolute atomic E-state index is 12.8. The topological polar surface area (TPSA) is 106 Å². The lowest BCUT2D eigenvalue weighted by atomic mass is 10.0. The summed E-state index contributed by atoms with van der Waals surface area (Å²) in [5.41, 5.74) is 3.49. The van der Waals surface area contributed by atoms with E-state index in [0.717, 1.165) is 10.8 Å². The zero-order chi connectivity index (χ0) is 26.9. The molecule has 0 saturated carbocycles. The maximum atomic E-state index is 12.8. The first-order chi connectivity index (χ1) is 18.5. The molecule has 0 aliphatic rings. The fourth-order valence-corrected chi connectivity index (χ4v) is 3.83. The molecule has 4 rings (SSSR count). The van der Waals surface area contributed by atoms with Crippen LogP contribution in [-0.2, 0) is 4.79 Å². The van der Waals surface area contributed by atoms with E-state index in [1.807, 2.05) is 37.3 Å². The molecule has 2 amide bonds. The number of esters is 1. The molecule has 0 aliphatic heterocycles. The van der Waals surface area contributed by atoms with E-state index in [-0.39, 0.29) is 22.9 Å². The van der Waals surface area contributed by atoms with Gasteiger partial charge < -0.3 is 14.8 Å². The van der Waals surface area contributed by atoms with E-state index in [1.54, 1.807) is 54.6 Å². The predicted octanol–water partition coefficient (Wildman–Crippen LogP) is 4.99. The molecule has 38 heavy (non-hydrogen) atoms. The van der Waals surface area contributed by atoms with Gasteiger partial charge in [-0.1, -0.05) is 54.1 Å². The van der Waals surface area contributed by atoms with Crippen LogP contribution in [0.3, 0.4) is 0 Å². The van der Waals surface area contributed by atoms with Gasteiger partial charge in [-0.3, -0.25) is 9.59 Å². The van der Waals surface area contributed by atoms with Crippen molar-refractivity contribution in [1.82, 2.24) is 10.7 Å². The number of carbonyl (C=O) groups is 3. The zero-order valence-corrected chi connectivity index (χ0v) is 21.2. The maximum Gasteiger partial charge on any atom is 0.345 e. The molecule has 9 heteroatoms. The molecule has 2 N–H and O–H groups in total. The van der Waals surface area contributed by atoms with Crippen molar-refractivity contribution in [2.24, 2.45) is 5.10 Å². The van der Waals surface area contributed by atoms with Crippen molar-refractivity contribution in [3.8, 4) is 11.5 Å². The second-order valence-corrected chi connectivity index (χ2v) is 8.41. The summed E-state index contributed by atoms with van der Waals surface area (Å²) in [4.78, 5) is 37.4. The Hall–Kier alpha value is -4.69. The molecule has 8 nitrogen and oxygen atoms in total. The van der Waals surface area contributed by atoms with Gasteiger partial charge in [0, 0.05) is 11.1 Å². The molecular formula is C29H24ClN3O5.